The van der Waals surface area contributed by atoms with E-state index in [9.17, 15) is 33.0 Å². The number of hydrogen-bond acceptors (Lipinski definition) is 9. The Morgan fingerprint density at radius 3 is 2.30 bits per heavy atom. The molecule has 0 amide bonds. The molecule has 5 rings (SSSR count). The maximum atomic E-state index is 12.4. The number of rotatable bonds is 18. The number of aliphatic carboxylic acids is 1. The summed E-state index contributed by atoms with van der Waals surface area (Å²) in [5, 5.41) is 23.8. The molecule has 4 N–H and O–H groups in total. The number of unbranched alkanes of at least 4 members (excludes halogenated alkanes) is 2. The molecule has 53 heavy (non-hydrogen) atoms. The van der Waals surface area contributed by atoms with Crippen molar-refractivity contribution in [1.82, 2.24) is 10.0 Å². The van der Waals surface area contributed by atoms with Crippen LogP contribution >= 0.6 is 0 Å². The first-order chi connectivity index (χ1) is 25.5. The average Bonchev–Trinajstić information content (AvgIpc) is 3.14. The third-order valence-corrected chi connectivity index (χ3v) is 10.8. The zero-order chi connectivity index (χ0) is 38.2. The van der Waals surface area contributed by atoms with Gasteiger partial charge in [0.1, 0.15) is 28.9 Å². The monoisotopic (exact) mass is 748 g/mol. The van der Waals surface area contributed by atoms with E-state index in [0.717, 1.165) is 48.7 Å². The largest absolute Gasteiger partial charge is 0.507 e. The van der Waals surface area contributed by atoms with Crippen molar-refractivity contribution in [1.29, 1.82) is 0 Å². The molecule has 1 aliphatic heterocycles. The van der Waals surface area contributed by atoms with Gasteiger partial charge in [0.25, 0.3) is 0 Å². The van der Waals surface area contributed by atoms with Crippen LogP contribution < -0.4 is 20.4 Å². The van der Waals surface area contributed by atoms with Gasteiger partial charge in [0, 0.05) is 12.3 Å². The van der Waals surface area contributed by atoms with E-state index in [0.29, 0.717) is 24.0 Å². The molecule has 3 aromatic carbocycles. The van der Waals surface area contributed by atoms with Gasteiger partial charge in [-0.15, -0.1) is 0 Å². The molecular formula is C41H52N2O9S. The van der Waals surface area contributed by atoms with Crippen LogP contribution in [0.3, 0.4) is 0 Å². The van der Waals surface area contributed by atoms with Crippen molar-refractivity contribution in [2.75, 3.05) is 25.4 Å². The third-order valence-electron chi connectivity index (χ3n) is 9.35. The van der Waals surface area contributed by atoms with E-state index in [1.807, 2.05) is 49.4 Å². The van der Waals surface area contributed by atoms with Crippen molar-refractivity contribution >= 4 is 32.7 Å². The number of hydrogen-bond donors (Lipinski definition) is 4. The number of Topliss-reactive ketones (excluding diaryl/α,β-unsaturated/α-hetero) is 1. The molecular weight excluding hydrogens is 697 g/mol. The molecule has 1 unspecified atom stereocenters. The van der Waals surface area contributed by atoms with Crippen LogP contribution in [-0.4, -0.2) is 61.9 Å². The van der Waals surface area contributed by atoms with Crippen molar-refractivity contribution in [3.63, 3.8) is 0 Å². The van der Waals surface area contributed by atoms with Crippen LogP contribution in [0.4, 0.5) is 0 Å². The first kappa shape index (κ1) is 41.2. The molecule has 12 heteroatoms. The number of para-hydroxylation sites is 1. The maximum Gasteiger partial charge on any atom is 0.343 e. The van der Waals surface area contributed by atoms with Crippen molar-refractivity contribution in [3.05, 3.63) is 106 Å². The maximum absolute atomic E-state index is 12.4. The zero-order valence-corrected chi connectivity index (χ0v) is 31.4. The van der Waals surface area contributed by atoms with E-state index in [1.54, 1.807) is 36.4 Å². The number of carboxylic acids is 1. The number of benzene rings is 3. The van der Waals surface area contributed by atoms with E-state index in [1.165, 1.54) is 32.6 Å². The summed E-state index contributed by atoms with van der Waals surface area (Å²) in [5.41, 5.74) is 1.38. The van der Waals surface area contributed by atoms with Crippen molar-refractivity contribution < 1.29 is 37.4 Å². The highest BCUT2D eigenvalue weighted by atomic mass is 32.2. The number of carbonyl (C=O) groups is 2. The highest BCUT2D eigenvalue weighted by Crippen LogP contribution is 2.36. The Balaban J connectivity index is 0.000000244. The number of carboxylic acid groups (broad SMARTS) is 1. The molecule has 0 spiro atoms. The van der Waals surface area contributed by atoms with Crippen LogP contribution in [0.1, 0.15) is 87.8 Å². The normalized spacial score (nSPS) is 14.5. The Labute approximate surface area is 311 Å². The molecule has 286 valence electrons. The molecule has 1 aromatic heterocycles. The van der Waals surface area contributed by atoms with Crippen LogP contribution in [0.5, 0.6) is 11.5 Å². The van der Waals surface area contributed by atoms with Gasteiger partial charge in [0.05, 0.1) is 23.3 Å². The van der Waals surface area contributed by atoms with E-state index in [4.69, 9.17) is 9.15 Å². The van der Waals surface area contributed by atoms with Gasteiger partial charge in [-0.2, -0.15) is 0 Å². The van der Waals surface area contributed by atoms with Crippen LogP contribution in [0.25, 0.3) is 11.0 Å². The smallest absolute Gasteiger partial charge is 0.343 e. The Morgan fingerprint density at radius 2 is 1.64 bits per heavy atom. The fraction of sp³-hybridized carbons (Fsp3) is 0.439. The van der Waals surface area contributed by atoms with Gasteiger partial charge in [-0.1, -0.05) is 74.4 Å². The summed E-state index contributed by atoms with van der Waals surface area (Å²) < 4.78 is 37.5. The summed E-state index contributed by atoms with van der Waals surface area (Å²) in [5.74, 6) is -0.364. The number of nitrogens with one attached hydrogen (secondary N) is 2. The van der Waals surface area contributed by atoms with Crippen molar-refractivity contribution in [2.24, 2.45) is 5.92 Å². The number of piperidine rings is 1. The molecule has 0 aliphatic carbocycles. The van der Waals surface area contributed by atoms with E-state index < -0.39 is 33.6 Å². The lowest BCUT2D eigenvalue weighted by Gasteiger charge is -2.22. The van der Waals surface area contributed by atoms with E-state index >= 15 is 0 Å². The lowest BCUT2D eigenvalue weighted by Crippen LogP contribution is -2.43. The van der Waals surface area contributed by atoms with Crippen LogP contribution in [-0.2, 0) is 26.0 Å². The van der Waals surface area contributed by atoms with Gasteiger partial charge in [-0.3, -0.25) is 9.59 Å². The molecule has 2 heterocycles. The second kappa shape index (κ2) is 20.6. The highest BCUT2D eigenvalue weighted by Gasteiger charge is 2.26. The minimum atomic E-state index is -3.60. The Hall–Kier alpha value is -4.52. The molecule has 1 aliphatic rings. The Morgan fingerprint density at radius 1 is 0.962 bits per heavy atom. The second-order valence-electron chi connectivity index (χ2n) is 13.6. The fourth-order valence-corrected chi connectivity index (χ4v) is 7.86. The Bertz CT molecular complexity index is 1920. The SMILES string of the molecule is CC(=O)CC(c1ccccc1)c1c(O)c2ccccc2oc1=O.CCCCS(=O)(=O)N[C@@H](Cc1ccc(OCCCCC2CCNCC2)cc1)C(=O)O. The summed E-state index contributed by atoms with van der Waals surface area (Å²) in [7, 11) is -3.60. The lowest BCUT2D eigenvalue weighted by atomic mass is 9.87. The lowest BCUT2D eigenvalue weighted by molar-refractivity contribution is -0.138. The molecule has 0 radical (unpaired) electrons. The number of ether oxygens (including phenoxy) is 1. The quantitative estimate of drug-likeness (QED) is 0.0645. The molecule has 4 aromatic rings. The van der Waals surface area contributed by atoms with Gasteiger partial charge in [0.2, 0.25) is 10.0 Å². The predicted octanol–water partition coefficient (Wildman–Crippen LogP) is 6.56. The first-order valence-electron chi connectivity index (χ1n) is 18.4. The standard InChI is InChI=1S/C22H36N2O5S.C19H16O4/c1-2-3-16-30(27,28)24-21(22(25)26)17-19-7-9-20(10-8-19)29-15-5-4-6-18-11-13-23-14-12-18;1-12(20)11-15(13-7-3-2-4-8-13)17-18(21)14-9-5-6-10-16(14)23-19(17)22/h7-10,18,21,23-24H,2-6,11-17H2,1H3,(H,25,26);2-10,15,21H,11H2,1H3/t21-;/m0./s1. The number of carbonyl (C=O) groups excluding carboxylic acids is 1. The Kier molecular flexibility index (Phi) is 16.1. The zero-order valence-electron chi connectivity index (χ0n) is 30.6. The van der Waals surface area contributed by atoms with Gasteiger partial charge in [-0.25, -0.2) is 17.9 Å². The van der Waals surface area contributed by atoms with Crippen LogP contribution in [0.2, 0.25) is 0 Å². The average molecular weight is 749 g/mol. The summed E-state index contributed by atoms with van der Waals surface area (Å²) in [6.45, 7) is 6.30. The van der Waals surface area contributed by atoms with Crippen LogP contribution in [0, 0.1) is 5.92 Å². The van der Waals surface area contributed by atoms with Crippen molar-refractivity contribution in [2.45, 2.75) is 83.6 Å². The predicted molar refractivity (Wildman–Crippen MR) is 206 cm³/mol. The second-order valence-corrected chi connectivity index (χ2v) is 15.5. The summed E-state index contributed by atoms with van der Waals surface area (Å²) in [6.07, 6.45) is 7.45. The summed E-state index contributed by atoms with van der Waals surface area (Å²) in [4.78, 5) is 35.6. The van der Waals surface area contributed by atoms with E-state index in [2.05, 4.69) is 10.0 Å². The minimum Gasteiger partial charge on any atom is -0.507 e. The molecule has 0 saturated carbocycles. The molecule has 1 saturated heterocycles. The number of ketones is 1. The van der Waals surface area contributed by atoms with Gasteiger partial charge in [-0.05, 0) is 99.8 Å². The summed E-state index contributed by atoms with van der Waals surface area (Å²) in [6, 6.07) is 22.0. The number of fused-ring (bicyclic) bond motifs is 1. The van der Waals surface area contributed by atoms with Gasteiger partial charge in [0.15, 0.2) is 0 Å². The highest BCUT2D eigenvalue weighted by molar-refractivity contribution is 7.89. The van der Waals surface area contributed by atoms with Gasteiger partial charge >= 0.3 is 11.6 Å². The minimum absolute atomic E-state index is 0.0578. The fourth-order valence-electron chi connectivity index (χ4n) is 6.46. The molecule has 0 bridgehead atoms. The third kappa shape index (κ3) is 13.1. The van der Waals surface area contributed by atoms with Crippen LogP contribution in [0.15, 0.2) is 88.1 Å². The number of sulfonamides is 1. The molecule has 1 fully saturated rings. The van der Waals surface area contributed by atoms with E-state index in [-0.39, 0.29) is 35.7 Å². The van der Waals surface area contributed by atoms with Crippen molar-refractivity contribution in [3.8, 4) is 11.5 Å². The summed E-state index contributed by atoms with van der Waals surface area (Å²) >= 11 is 0. The molecule has 2 atom stereocenters. The van der Waals surface area contributed by atoms with Gasteiger partial charge < -0.3 is 24.7 Å². The first-order valence-corrected chi connectivity index (χ1v) is 20.1. The molecule has 11 nitrogen and oxygen atoms in total. The number of aromatic hydroxyl groups is 1. The topological polar surface area (TPSA) is 172 Å².